The molecule has 1 rings (SSSR count). The Hall–Kier alpha value is -2.45. The fourth-order valence-corrected chi connectivity index (χ4v) is 1.24. The zero-order valence-corrected chi connectivity index (χ0v) is 10.4. The fourth-order valence-electron chi connectivity index (χ4n) is 1.24. The first-order valence-corrected chi connectivity index (χ1v) is 5.35. The van der Waals surface area contributed by atoms with Gasteiger partial charge in [0.15, 0.2) is 0 Å². The van der Waals surface area contributed by atoms with Gasteiger partial charge in [-0.2, -0.15) is 4.98 Å². The molecule has 1 atom stereocenters. The van der Waals surface area contributed by atoms with Crippen molar-refractivity contribution in [3.63, 3.8) is 0 Å². The number of carboxylic acids is 1. The molecule has 1 amide bonds. The molecule has 0 radical (unpaired) electrons. The predicted octanol–water partition coefficient (Wildman–Crippen LogP) is -0.486. The van der Waals surface area contributed by atoms with Gasteiger partial charge in [-0.3, -0.25) is 9.59 Å². The lowest BCUT2D eigenvalue weighted by atomic mass is 10.1. The maximum atomic E-state index is 11.6. The molecule has 1 aromatic heterocycles. The number of ether oxygens (including phenoxy) is 1. The number of hydrogen-bond acceptors (Lipinski definition) is 7. The van der Waals surface area contributed by atoms with Crippen molar-refractivity contribution in [1.82, 2.24) is 15.5 Å². The molecule has 0 saturated carbocycles. The number of rotatable bonds is 6. The third-order valence-corrected chi connectivity index (χ3v) is 2.20. The standard InChI is InChI=1S/C10H13N3O6/c1-5-11-8(13-19-5)9(15)12-6(10(16)17)3-4-7(14)18-2/h6H,3-4H2,1-2H3,(H,12,15)(H,16,17). The third kappa shape index (κ3) is 4.37. The number of carbonyl (C=O) groups is 3. The van der Waals surface area contributed by atoms with Gasteiger partial charge >= 0.3 is 11.9 Å². The Balaban J connectivity index is 2.61. The molecule has 0 spiro atoms. The van der Waals surface area contributed by atoms with Gasteiger partial charge in [0.05, 0.1) is 7.11 Å². The number of carboxylic acid groups (broad SMARTS) is 1. The molecular weight excluding hydrogens is 258 g/mol. The summed E-state index contributed by atoms with van der Waals surface area (Å²) in [5.41, 5.74) is 0. The number of nitrogens with zero attached hydrogens (tertiary/aromatic N) is 2. The number of carbonyl (C=O) groups excluding carboxylic acids is 2. The van der Waals surface area contributed by atoms with Gasteiger partial charge in [0, 0.05) is 13.3 Å². The summed E-state index contributed by atoms with van der Waals surface area (Å²) in [4.78, 5) is 37.1. The van der Waals surface area contributed by atoms with E-state index in [4.69, 9.17) is 5.11 Å². The highest BCUT2D eigenvalue weighted by Crippen LogP contribution is 2.02. The van der Waals surface area contributed by atoms with Crippen LogP contribution in [0.5, 0.6) is 0 Å². The van der Waals surface area contributed by atoms with Gasteiger partial charge in [-0.05, 0) is 6.42 Å². The molecule has 104 valence electrons. The summed E-state index contributed by atoms with van der Waals surface area (Å²) in [6.45, 7) is 1.50. The maximum Gasteiger partial charge on any atom is 0.326 e. The second kappa shape index (κ2) is 6.47. The van der Waals surface area contributed by atoms with E-state index in [1.54, 1.807) is 0 Å². The van der Waals surface area contributed by atoms with E-state index in [9.17, 15) is 14.4 Å². The van der Waals surface area contributed by atoms with Gasteiger partial charge in [-0.1, -0.05) is 5.16 Å². The van der Waals surface area contributed by atoms with E-state index in [0.717, 1.165) is 0 Å². The molecule has 19 heavy (non-hydrogen) atoms. The summed E-state index contributed by atoms with van der Waals surface area (Å²) >= 11 is 0. The minimum atomic E-state index is -1.27. The van der Waals surface area contributed by atoms with Crippen LogP contribution in [-0.2, 0) is 14.3 Å². The van der Waals surface area contributed by atoms with Crippen molar-refractivity contribution in [3.8, 4) is 0 Å². The van der Waals surface area contributed by atoms with Crippen LogP contribution in [0.2, 0.25) is 0 Å². The van der Waals surface area contributed by atoms with E-state index in [1.165, 1.54) is 14.0 Å². The molecule has 1 heterocycles. The van der Waals surface area contributed by atoms with Gasteiger partial charge in [-0.15, -0.1) is 0 Å². The van der Waals surface area contributed by atoms with Crippen LogP contribution in [0.25, 0.3) is 0 Å². The quantitative estimate of drug-likeness (QED) is 0.662. The minimum Gasteiger partial charge on any atom is -0.480 e. The van der Waals surface area contributed by atoms with E-state index >= 15 is 0 Å². The molecule has 0 aliphatic heterocycles. The summed E-state index contributed by atoms with van der Waals surface area (Å²) in [7, 11) is 1.19. The number of aliphatic carboxylic acids is 1. The molecular formula is C10H13N3O6. The lowest BCUT2D eigenvalue weighted by Crippen LogP contribution is -2.41. The van der Waals surface area contributed by atoms with E-state index in [0.29, 0.717) is 0 Å². The summed E-state index contributed by atoms with van der Waals surface area (Å²) in [5.74, 6) is -2.68. The van der Waals surface area contributed by atoms with Gasteiger partial charge < -0.3 is 19.7 Å². The highest BCUT2D eigenvalue weighted by molar-refractivity contribution is 5.93. The van der Waals surface area contributed by atoms with Crippen molar-refractivity contribution in [2.45, 2.75) is 25.8 Å². The smallest absolute Gasteiger partial charge is 0.326 e. The van der Waals surface area contributed by atoms with Crippen molar-refractivity contribution in [3.05, 3.63) is 11.7 Å². The lowest BCUT2D eigenvalue weighted by Gasteiger charge is -2.12. The van der Waals surface area contributed by atoms with Crippen LogP contribution in [0.3, 0.4) is 0 Å². The van der Waals surface area contributed by atoms with Crippen LogP contribution in [0.1, 0.15) is 29.4 Å². The fraction of sp³-hybridized carbons (Fsp3) is 0.500. The summed E-state index contributed by atoms with van der Waals surface area (Å²) in [6.07, 6.45) is -0.219. The normalized spacial score (nSPS) is 11.7. The van der Waals surface area contributed by atoms with Crippen LogP contribution < -0.4 is 5.32 Å². The minimum absolute atomic E-state index is 0.0927. The third-order valence-electron chi connectivity index (χ3n) is 2.20. The predicted molar refractivity (Wildman–Crippen MR) is 59.2 cm³/mol. The summed E-state index contributed by atoms with van der Waals surface area (Å²) in [6, 6.07) is -1.23. The number of hydrogen-bond donors (Lipinski definition) is 2. The zero-order valence-electron chi connectivity index (χ0n) is 10.4. The highest BCUT2D eigenvalue weighted by Gasteiger charge is 2.24. The Morgan fingerprint density at radius 1 is 1.47 bits per heavy atom. The zero-order chi connectivity index (χ0) is 14.4. The van der Waals surface area contributed by atoms with Crippen LogP contribution in [-0.4, -0.2) is 46.2 Å². The molecule has 1 unspecified atom stereocenters. The number of methoxy groups -OCH3 is 1. The maximum absolute atomic E-state index is 11.6. The van der Waals surface area contributed by atoms with E-state index in [-0.39, 0.29) is 24.6 Å². The first-order valence-electron chi connectivity index (χ1n) is 5.35. The van der Waals surface area contributed by atoms with E-state index in [1.807, 2.05) is 0 Å². The van der Waals surface area contributed by atoms with Crippen molar-refractivity contribution in [2.75, 3.05) is 7.11 Å². The Kier molecular flexibility index (Phi) is 4.98. The molecule has 0 bridgehead atoms. The molecule has 0 aromatic carbocycles. The first-order chi connectivity index (χ1) is 8.93. The first kappa shape index (κ1) is 14.6. The van der Waals surface area contributed by atoms with Gasteiger partial charge in [0.2, 0.25) is 5.89 Å². The Morgan fingerprint density at radius 3 is 2.63 bits per heavy atom. The van der Waals surface area contributed by atoms with Gasteiger partial charge in [0.25, 0.3) is 11.7 Å². The number of amides is 1. The Morgan fingerprint density at radius 2 is 2.16 bits per heavy atom. The summed E-state index contributed by atoms with van der Waals surface area (Å²) < 4.78 is 8.99. The lowest BCUT2D eigenvalue weighted by molar-refractivity contribution is -0.142. The van der Waals surface area contributed by atoms with Crippen LogP contribution >= 0.6 is 0 Å². The molecule has 0 saturated heterocycles. The largest absolute Gasteiger partial charge is 0.480 e. The monoisotopic (exact) mass is 271 g/mol. The number of nitrogens with one attached hydrogen (secondary N) is 1. The van der Waals surface area contributed by atoms with Crippen molar-refractivity contribution in [2.24, 2.45) is 0 Å². The number of esters is 1. The molecule has 9 heteroatoms. The van der Waals surface area contributed by atoms with Crippen molar-refractivity contribution < 1.29 is 28.8 Å². The van der Waals surface area contributed by atoms with Crippen LogP contribution in [0.15, 0.2) is 4.52 Å². The van der Waals surface area contributed by atoms with Gasteiger partial charge in [-0.25, -0.2) is 4.79 Å². The van der Waals surface area contributed by atoms with Gasteiger partial charge in [0.1, 0.15) is 6.04 Å². The Labute approximate surface area is 107 Å². The van der Waals surface area contributed by atoms with Crippen molar-refractivity contribution >= 4 is 17.8 Å². The van der Waals surface area contributed by atoms with Crippen LogP contribution in [0, 0.1) is 6.92 Å². The number of aryl methyl sites for hydroxylation is 1. The molecule has 1 aromatic rings. The molecule has 9 nitrogen and oxygen atoms in total. The van der Waals surface area contributed by atoms with Crippen LogP contribution in [0.4, 0.5) is 0 Å². The topological polar surface area (TPSA) is 132 Å². The SMILES string of the molecule is COC(=O)CCC(NC(=O)c1noc(C)n1)C(=O)O. The second-order valence-electron chi connectivity index (χ2n) is 3.62. The second-order valence-corrected chi connectivity index (χ2v) is 3.62. The Bertz CT molecular complexity index is 483. The molecule has 2 N–H and O–H groups in total. The highest BCUT2D eigenvalue weighted by atomic mass is 16.5. The molecule has 0 aliphatic carbocycles. The average Bonchev–Trinajstić information content (AvgIpc) is 2.80. The van der Waals surface area contributed by atoms with E-state index in [2.05, 4.69) is 24.7 Å². The molecule has 0 aliphatic rings. The average molecular weight is 271 g/mol. The number of aromatic nitrogens is 2. The van der Waals surface area contributed by atoms with Crippen molar-refractivity contribution in [1.29, 1.82) is 0 Å². The summed E-state index contributed by atoms with van der Waals surface area (Å²) in [5, 5.41) is 14.5. The van der Waals surface area contributed by atoms with E-state index < -0.39 is 23.9 Å². The molecule has 0 fully saturated rings.